The first kappa shape index (κ1) is 19.8. The zero-order chi connectivity index (χ0) is 20.3. The zero-order valence-corrected chi connectivity index (χ0v) is 15.2. The highest BCUT2D eigenvalue weighted by atomic mass is 32.3. The number of aliphatic carboxylic acids is 1. The number of carbonyl (C=O) groups is 2. The van der Waals surface area contributed by atoms with E-state index in [9.17, 15) is 22.6 Å². The van der Waals surface area contributed by atoms with Gasteiger partial charge in [0, 0.05) is 5.92 Å². The molecule has 2 N–H and O–H groups in total. The van der Waals surface area contributed by atoms with E-state index in [2.05, 4.69) is 4.18 Å². The van der Waals surface area contributed by atoms with Crippen LogP contribution in [-0.2, 0) is 24.1 Å². The lowest BCUT2D eigenvalue weighted by Crippen LogP contribution is -2.44. The average Bonchev–Trinajstić information content (AvgIpc) is 2.96. The van der Waals surface area contributed by atoms with Gasteiger partial charge in [-0.1, -0.05) is 48.5 Å². The molecule has 10 heteroatoms. The number of carboxylic acid groups (broad SMARTS) is 1. The summed E-state index contributed by atoms with van der Waals surface area (Å²) >= 11 is 0. The van der Waals surface area contributed by atoms with Gasteiger partial charge in [0.15, 0.2) is 6.04 Å². The summed E-state index contributed by atoms with van der Waals surface area (Å²) in [5.41, 5.74) is 4.02. The van der Waals surface area contributed by atoms with E-state index in [1.54, 1.807) is 0 Å². The minimum atomic E-state index is -5.09. The highest BCUT2D eigenvalue weighted by Crippen LogP contribution is 2.44. The minimum Gasteiger partial charge on any atom is -0.726 e. The Kier molecular flexibility index (Phi) is 5.63. The number of fused-ring (bicyclic) bond motifs is 3. The van der Waals surface area contributed by atoms with E-state index >= 15 is 0 Å². The topological polar surface area (TPSA) is 142 Å². The van der Waals surface area contributed by atoms with Gasteiger partial charge in [-0.25, -0.2) is 18.0 Å². The van der Waals surface area contributed by atoms with Crippen molar-refractivity contribution in [2.24, 2.45) is 0 Å². The molecule has 0 spiro atoms. The Hall–Kier alpha value is -2.95. The molecule has 0 heterocycles. The fourth-order valence-corrected chi connectivity index (χ4v) is 3.41. The molecule has 0 radical (unpaired) electrons. The quantitative estimate of drug-likeness (QED) is 0.520. The lowest BCUT2D eigenvalue weighted by molar-refractivity contribution is -0.140. The first-order chi connectivity index (χ1) is 13.3. The van der Waals surface area contributed by atoms with Crippen molar-refractivity contribution in [3.63, 3.8) is 0 Å². The molecule has 1 aliphatic rings. The smallest absolute Gasteiger partial charge is 0.407 e. The number of carboxylic acids is 1. The van der Waals surface area contributed by atoms with Crippen LogP contribution < -0.4 is 5.32 Å². The third-order valence-corrected chi connectivity index (χ3v) is 4.74. The van der Waals surface area contributed by atoms with Crippen molar-refractivity contribution in [2.75, 3.05) is 13.2 Å². The summed E-state index contributed by atoms with van der Waals surface area (Å²) in [5, 5.41) is 11.0. The second kappa shape index (κ2) is 7.97. The molecule has 1 unspecified atom stereocenters. The Morgan fingerprint density at radius 3 is 2.11 bits per heavy atom. The van der Waals surface area contributed by atoms with Crippen LogP contribution in [0, 0.1) is 0 Å². The van der Waals surface area contributed by atoms with Crippen molar-refractivity contribution in [3.05, 3.63) is 59.7 Å². The van der Waals surface area contributed by atoms with Crippen molar-refractivity contribution < 1.29 is 36.6 Å². The van der Waals surface area contributed by atoms with Crippen LogP contribution in [0.5, 0.6) is 0 Å². The highest BCUT2D eigenvalue weighted by Gasteiger charge is 2.29. The number of alkyl carbamates (subject to hydrolysis) is 1. The fourth-order valence-electron chi connectivity index (χ4n) is 3.11. The third kappa shape index (κ3) is 4.47. The summed E-state index contributed by atoms with van der Waals surface area (Å²) in [6, 6.07) is 13.6. The van der Waals surface area contributed by atoms with Gasteiger partial charge in [0.05, 0.1) is 6.61 Å². The fraction of sp³-hybridized carbons (Fsp3) is 0.222. The summed E-state index contributed by atoms with van der Waals surface area (Å²) in [6.45, 7) is -1.09. The predicted molar refractivity (Wildman–Crippen MR) is 95.3 cm³/mol. The van der Waals surface area contributed by atoms with Gasteiger partial charge < -0.3 is 19.7 Å². The number of nitrogens with one attached hydrogen (secondary N) is 1. The summed E-state index contributed by atoms with van der Waals surface area (Å²) in [5.74, 6) is -1.79. The van der Waals surface area contributed by atoms with Crippen LogP contribution in [0.4, 0.5) is 4.79 Å². The van der Waals surface area contributed by atoms with Crippen LogP contribution in [0.15, 0.2) is 48.5 Å². The molecule has 28 heavy (non-hydrogen) atoms. The van der Waals surface area contributed by atoms with Crippen molar-refractivity contribution in [1.82, 2.24) is 5.32 Å². The Balaban J connectivity index is 1.66. The van der Waals surface area contributed by atoms with Crippen LogP contribution in [0.1, 0.15) is 17.0 Å². The maximum absolute atomic E-state index is 12.0. The van der Waals surface area contributed by atoms with Gasteiger partial charge in [-0.2, -0.15) is 0 Å². The van der Waals surface area contributed by atoms with Gasteiger partial charge in [0.25, 0.3) is 0 Å². The van der Waals surface area contributed by atoms with E-state index in [0.717, 1.165) is 22.3 Å². The SMILES string of the molecule is O=C(NC(COS(=O)(=O)[O-])C(=O)O)OCC1c2ccccc2-c2ccccc21. The molecule has 0 aromatic heterocycles. The Morgan fingerprint density at radius 1 is 1.07 bits per heavy atom. The number of carbonyl (C=O) groups excluding carboxylic acids is 1. The van der Waals surface area contributed by atoms with E-state index < -0.39 is 35.1 Å². The Labute approximate surface area is 160 Å². The molecule has 0 saturated carbocycles. The first-order valence-corrected chi connectivity index (χ1v) is 9.54. The number of amides is 1. The second-order valence-electron chi connectivity index (χ2n) is 6.05. The largest absolute Gasteiger partial charge is 0.726 e. The van der Waals surface area contributed by atoms with E-state index in [1.807, 2.05) is 53.8 Å². The summed E-state index contributed by atoms with van der Waals surface area (Å²) in [7, 11) is -5.09. The van der Waals surface area contributed by atoms with Crippen molar-refractivity contribution in [1.29, 1.82) is 0 Å². The molecule has 0 fully saturated rings. The number of hydrogen-bond donors (Lipinski definition) is 2. The molecule has 0 saturated heterocycles. The van der Waals surface area contributed by atoms with E-state index in [0.29, 0.717) is 0 Å². The molecule has 0 aliphatic heterocycles. The summed E-state index contributed by atoms with van der Waals surface area (Å²) < 4.78 is 40.4. The standard InChI is InChI=1S/C18H17NO8S/c20-17(21)16(10-27-28(23,24)25)19-18(22)26-9-15-13-7-3-1-5-11(13)12-6-2-4-8-14(12)15/h1-8,15-16H,9-10H2,(H,19,22)(H,20,21)(H,23,24,25)/p-1. The van der Waals surface area contributed by atoms with Crippen LogP contribution >= 0.6 is 0 Å². The Morgan fingerprint density at radius 2 is 1.61 bits per heavy atom. The predicted octanol–water partition coefficient (Wildman–Crippen LogP) is 1.46. The third-order valence-electron chi connectivity index (χ3n) is 4.31. The van der Waals surface area contributed by atoms with Crippen molar-refractivity contribution >= 4 is 22.5 Å². The number of rotatable bonds is 7. The molecule has 1 atom stereocenters. The molecule has 1 aliphatic carbocycles. The highest BCUT2D eigenvalue weighted by molar-refractivity contribution is 7.80. The summed E-state index contributed by atoms with van der Waals surface area (Å²) in [4.78, 5) is 23.1. The van der Waals surface area contributed by atoms with Gasteiger partial charge in [-0.05, 0) is 22.3 Å². The second-order valence-corrected chi connectivity index (χ2v) is 7.11. The number of ether oxygens (including phenoxy) is 1. The van der Waals surface area contributed by atoms with Gasteiger partial charge >= 0.3 is 12.1 Å². The van der Waals surface area contributed by atoms with E-state index in [-0.39, 0.29) is 12.5 Å². The average molecular weight is 406 g/mol. The maximum atomic E-state index is 12.0. The lowest BCUT2D eigenvalue weighted by atomic mass is 9.98. The van der Waals surface area contributed by atoms with Crippen LogP contribution in [0.2, 0.25) is 0 Å². The first-order valence-electron chi connectivity index (χ1n) is 8.21. The normalized spacial score (nSPS) is 14.0. The molecule has 0 bridgehead atoms. The van der Waals surface area contributed by atoms with Gasteiger partial charge in [0.1, 0.15) is 6.61 Å². The van der Waals surface area contributed by atoms with E-state index in [1.165, 1.54) is 0 Å². The molecule has 3 rings (SSSR count). The lowest BCUT2D eigenvalue weighted by Gasteiger charge is -2.18. The molecule has 1 amide bonds. The van der Waals surface area contributed by atoms with Crippen LogP contribution in [-0.4, -0.2) is 49.4 Å². The van der Waals surface area contributed by atoms with Crippen molar-refractivity contribution in [3.8, 4) is 11.1 Å². The summed E-state index contributed by atoms with van der Waals surface area (Å²) in [6.07, 6.45) is -1.07. The minimum absolute atomic E-state index is 0.0487. The van der Waals surface area contributed by atoms with Crippen LogP contribution in [0.25, 0.3) is 11.1 Å². The molecule has 148 valence electrons. The molecule has 9 nitrogen and oxygen atoms in total. The molecule has 2 aromatic carbocycles. The van der Waals surface area contributed by atoms with Gasteiger partial charge in [-0.15, -0.1) is 0 Å². The van der Waals surface area contributed by atoms with Crippen molar-refractivity contribution in [2.45, 2.75) is 12.0 Å². The van der Waals surface area contributed by atoms with Crippen LogP contribution in [0.3, 0.4) is 0 Å². The van der Waals surface area contributed by atoms with E-state index in [4.69, 9.17) is 9.84 Å². The molecule has 2 aromatic rings. The molecular formula is C18H16NO8S-. The molecular weight excluding hydrogens is 390 g/mol. The zero-order valence-electron chi connectivity index (χ0n) is 14.4. The van der Waals surface area contributed by atoms with Gasteiger partial charge in [-0.3, -0.25) is 4.18 Å². The maximum Gasteiger partial charge on any atom is 0.407 e. The number of benzene rings is 2. The van der Waals surface area contributed by atoms with Gasteiger partial charge in [0.2, 0.25) is 10.4 Å². The monoisotopic (exact) mass is 406 g/mol. The Bertz CT molecular complexity index is 959. The number of hydrogen-bond acceptors (Lipinski definition) is 7.